The van der Waals surface area contributed by atoms with Gasteiger partial charge in [0.05, 0.1) is 16.1 Å². The standard InChI is InChI=1S/C8H6Br2O3/c1-11-6-4(9)2-5(10)7-8(6)13-3-12-7/h2H,3H2,1H3. The van der Waals surface area contributed by atoms with E-state index in [2.05, 4.69) is 31.9 Å². The quantitative estimate of drug-likeness (QED) is 0.798. The molecular weight excluding hydrogens is 304 g/mol. The Kier molecular flexibility index (Phi) is 2.38. The lowest BCUT2D eigenvalue weighted by Gasteiger charge is -2.07. The first-order valence-corrected chi connectivity index (χ1v) is 5.14. The van der Waals surface area contributed by atoms with Crippen molar-refractivity contribution in [2.24, 2.45) is 0 Å². The maximum absolute atomic E-state index is 5.27. The topological polar surface area (TPSA) is 27.7 Å². The summed E-state index contributed by atoms with van der Waals surface area (Å²) in [5.74, 6) is 2.00. The molecule has 3 nitrogen and oxygen atoms in total. The molecule has 0 bridgehead atoms. The van der Waals surface area contributed by atoms with Gasteiger partial charge in [-0.25, -0.2) is 0 Å². The highest BCUT2D eigenvalue weighted by Crippen LogP contribution is 2.49. The fourth-order valence-electron chi connectivity index (χ4n) is 1.17. The average Bonchev–Trinajstić information content (AvgIpc) is 2.53. The van der Waals surface area contributed by atoms with Crippen molar-refractivity contribution in [1.29, 1.82) is 0 Å². The lowest BCUT2D eigenvalue weighted by atomic mass is 10.3. The summed E-state index contributed by atoms with van der Waals surface area (Å²) in [6.07, 6.45) is 0. The Balaban J connectivity index is 2.65. The summed E-state index contributed by atoms with van der Waals surface area (Å²) in [5.41, 5.74) is 0. The maximum Gasteiger partial charge on any atom is 0.231 e. The Bertz CT molecular complexity index is 352. The van der Waals surface area contributed by atoms with E-state index in [-0.39, 0.29) is 6.79 Å². The highest BCUT2D eigenvalue weighted by Gasteiger charge is 2.24. The molecule has 0 saturated heterocycles. The number of hydrogen-bond acceptors (Lipinski definition) is 3. The van der Waals surface area contributed by atoms with Crippen molar-refractivity contribution in [3.05, 3.63) is 15.0 Å². The number of hydrogen-bond donors (Lipinski definition) is 0. The lowest BCUT2D eigenvalue weighted by Crippen LogP contribution is -1.94. The van der Waals surface area contributed by atoms with Crippen molar-refractivity contribution in [1.82, 2.24) is 0 Å². The number of fused-ring (bicyclic) bond motifs is 1. The van der Waals surface area contributed by atoms with Gasteiger partial charge < -0.3 is 14.2 Å². The molecule has 0 unspecified atom stereocenters. The molecule has 0 radical (unpaired) electrons. The van der Waals surface area contributed by atoms with Gasteiger partial charge in [0.25, 0.3) is 0 Å². The van der Waals surface area contributed by atoms with Crippen molar-refractivity contribution in [3.63, 3.8) is 0 Å². The van der Waals surface area contributed by atoms with Crippen molar-refractivity contribution in [2.75, 3.05) is 13.9 Å². The molecule has 1 aromatic carbocycles. The molecule has 0 atom stereocenters. The fourth-order valence-corrected chi connectivity index (χ4v) is 2.57. The molecule has 2 rings (SSSR count). The van der Waals surface area contributed by atoms with Gasteiger partial charge in [-0.1, -0.05) is 0 Å². The van der Waals surface area contributed by atoms with E-state index in [0.717, 1.165) is 8.95 Å². The van der Waals surface area contributed by atoms with Gasteiger partial charge in [0.1, 0.15) is 0 Å². The predicted molar refractivity (Wildman–Crippen MR) is 54.5 cm³/mol. The van der Waals surface area contributed by atoms with Crippen LogP contribution < -0.4 is 14.2 Å². The van der Waals surface area contributed by atoms with Gasteiger partial charge in [-0.15, -0.1) is 0 Å². The monoisotopic (exact) mass is 308 g/mol. The smallest absolute Gasteiger partial charge is 0.231 e. The highest BCUT2D eigenvalue weighted by atomic mass is 79.9. The molecule has 1 aliphatic heterocycles. The minimum atomic E-state index is 0.237. The first-order valence-electron chi connectivity index (χ1n) is 3.55. The molecule has 1 heterocycles. The summed E-state index contributed by atoms with van der Waals surface area (Å²) in [7, 11) is 1.59. The summed E-state index contributed by atoms with van der Waals surface area (Å²) in [6, 6.07) is 1.87. The van der Waals surface area contributed by atoms with E-state index in [9.17, 15) is 0 Å². The van der Waals surface area contributed by atoms with Crippen LogP contribution in [0.4, 0.5) is 0 Å². The minimum Gasteiger partial charge on any atom is -0.492 e. The molecule has 1 aliphatic rings. The molecule has 0 saturated carbocycles. The molecule has 70 valence electrons. The molecule has 0 aromatic heterocycles. The van der Waals surface area contributed by atoms with E-state index in [0.29, 0.717) is 17.2 Å². The van der Waals surface area contributed by atoms with Crippen molar-refractivity contribution >= 4 is 31.9 Å². The summed E-state index contributed by atoms with van der Waals surface area (Å²) in [4.78, 5) is 0. The van der Waals surface area contributed by atoms with Gasteiger partial charge in [-0.2, -0.15) is 0 Å². The third-order valence-corrected chi connectivity index (χ3v) is 2.89. The van der Waals surface area contributed by atoms with Gasteiger partial charge in [-0.05, 0) is 37.9 Å². The van der Waals surface area contributed by atoms with E-state index >= 15 is 0 Å². The first kappa shape index (κ1) is 9.15. The van der Waals surface area contributed by atoms with Gasteiger partial charge in [-0.3, -0.25) is 0 Å². The Hall–Kier alpha value is -0.420. The van der Waals surface area contributed by atoms with E-state index in [1.165, 1.54) is 0 Å². The van der Waals surface area contributed by atoms with E-state index in [4.69, 9.17) is 14.2 Å². The Labute approximate surface area is 92.2 Å². The number of rotatable bonds is 1. The normalized spacial score (nSPS) is 13.2. The van der Waals surface area contributed by atoms with Crippen LogP contribution in [0.5, 0.6) is 17.2 Å². The van der Waals surface area contributed by atoms with Crippen LogP contribution >= 0.6 is 31.9 Å². The zero-order valence-corrected chi connectivity index (χ0v) is 9.94. The molecular formula is C8H6Br2O3. The van der Waals surface area contributed by atoms with E-state index < -0.39 is 0 Å². The fraction of sp³-hybridized carbons (Fsp3) is 0.250. The Morgan fingerprint density at radius 2 is 1.92 bits per heavy atom. The van der Waals surface area contributed by atoms with Gasteiger partial charge in [0, 0.05) is 0 Å². The molecule has 0 fully saturated rings. The Morgan fingerprint density at radius 3 is 2.62 bits per heavy atom. The van der Waals surface area contributed by atoms with Crippen LogP contribution in [0.3, 0.4) is 0 Å². The number of benzene rings is 1. The second-order valence-corrected chi connectivity index (χ2v) is 4.15. The van der Waals surface area contributed by atoms with E-state index in [1.807, 2.05) is 6.07 Å². The number of halogens is 2. The molecule has 1 aromatic rings. The van der Waals surface area contributed by atoms with E-state index in [1.54, 1.807) is 7.11 Å². The second-order valence-electron chi connectivity index (χ2n) is 2.44. The zero-order chi connectivity index (χ0) is 9.42. The minimum absolute atomic E-state index is 0.237. The number of methoxy groups -OCH3 is 1. The van der Waals surface area contributed by atoms with Crippen LogP contribution in [0.25, 0.3) is 0 Å². The molecule has 13 heavy (non-hydrogen) atoms. The van der Waals surface area contributed by atoms with Gasteiger partial charge in [0.15, 0.2) is 11.5 Å². The van der Waals surface area contributed by atoms with Crippen LogP contribution in [-0.2, 0) is 0 Å². The zero-order valence-electron chi connectivity index (χ0n) is 6.77. The molecule has 0 aliphatic carbocycles. The third-order valence-electron chi connectivity index (χ3n) is 1.71. The summed E-state index contributed by atoms with van der Waals surface area (Å²) in [6.45, 7) is 0.237. The van der Waals surface area contributed by atoms with Crippen LogP contribution in [0, 0.1) is 0 Å². The largest absolute Gasteiger partial charge is 0.492 e. The molecule has 5 heteroatoms. The SMILES string of the molecule is COc1c(Br)cc(Br)c2c1OCO2. The molecule has 0 spiro atoms. The van der Waals surface area contributed by atoms with Gasteiger partial charge >= 0.3 is 0 Å². The lowest BCUT2D eigenvalue weighted by molar-refractivity contribution is 0.170. The predicted octanol–water partition coefficient (Wildman–Crippen LogP) is 2.95. The average molecular weight is 310 g/mol. The summed E-state index contributed by atoms with van der Waals surface area (Å²) < 4.78 is 17.4. The molecule has 0 N–H and O–H groups in total. The third kappa shape index (κ3) is 1.40. The summed E-state index contributed by atoms with van der Waals surface area (Å²) >= 11 is 6.74. The summed E-state index contributed by atoms with van der Waals surface area (Å²) in [5, 5.41) is 0. The van der Waals surface area contributed by atoms with Crippen LogP contribution in [0.2, 0.25) is 0 Å². The van der Waals surface area contributed by atoms with Crippen LogP contribution in [0.15, 0.2) is 15.0 Å². The molecule has 0 amide bonds. The number of ether oxygens (including phenoxy) is 3. The van der Waals surface area contributed by atoms with Crippen molar-refractivity contribution in [3.8, 4) is 17.2 Å². The van der Waals surface area contributed by atoms with Crippen molar-refractivity contribution in [2.45, 2.75) is 0 Å². The Morgan fingerprint density at radius 1 is 1.23 bits per heavy atom. The maximum atomic E-state index is 5.27. The second kappa shape index (κ2) is 3.38. The van der Waals surface area contributed by atoms with Crippen LogP contribution in [0.1, 0.15) is 0 Å². The van der Waals surface area contributed by atoms with Gasteiger partial charge in [0.2, 0.25) is 12.5 Å². The van der Waals surface area contributed by atoms with Crippen LogP contribution in [-0.4, -0.2) is 13.9 Å². The first-order chi connectivity index (χ1) is 6.24. The van der Waals surface area contributed by atoms with Crippen molar-refractivity contribution < 1.29 is 14.2 Å². The highest BCUT2D eigenvalue weighted by molar-refractivity contribution is 9.11.